The molecule has 0 amide bonds. The van der Waals surface area contributed by atoms with Crippen molar-refractivity contribution in [1.29, 1.82) is 0 Å². The van der Waals surface area contributed by atoms with Crippen LogP contribution < -0.4 is 5.32 Å². The third-order valence-corrected chi connectivity index (χ3v) is 5.01. The number of likely N-dealkylation sites (N-methyl/N-ethyl adjacent to an activating group) is 1. The maximum Gasteiger partial charge on any atom is 0.193 e. The van der Waals surface area contributed by atoms with Gasteiger partial charge in [-0.2, -0.15) is 0 Å². The molecule has 1 heterocycles. The molecule has 2 aliphatic rings. The number of thioether (sulfide) groups is 1. The monoisotopic (exact) mass is 261 g/mol. The van der Waals surface area contributed by atoms with Gasteiger partial charge in [-0.25, -0.2) is 0 Å². The van der Waals surface area contributed by atoms with E-state index in [1.54, 1.807) is 0 Å². The van der Waals surface area contributed by atoms with Crippen molar-refractivity contribution in [3.05, 3.63) is 30.3 Å². The first-order chi connectivity index (χ1) is 8.77. The molecule has 4 heteroatoms. The summed E-state index contributed by atoms with van der Waals surface area (Å²) in [5.74, 6) is 1.06. The molecule has 18 heavy (non-hydrogen) atoms. The van der Waals surface area contributed by atoms with Gasteiger partial charge in [-0.05, 0) is 25.0 Å². The first-order valence-corrected chi connectivity index (χ1v) is 7.33. The Hall–Kier alpha value is -1.16. The van der Waals surface area contributed by atoms with Gasteiger partial charge in [-0.1, -0.05) is 18.2 Å². The highest BCUT2D eigenvalue weighted by Gasteiger charge is 2.43. The van der Waals surface area contributed by atoms with E-state index in [1.165, 1.54) is 17.7 Å². The molecule has 3 nitrogen and oxygen atoms in total. The van der Waals surface area contributed by atoms with Crippen molar-refractivity contribution in [2.45, 2.75) is 22.5 Å². The molecule has 0 radical (unpaired) electrons. The Labute approximate surface area is 113 Å². The standard InChI is InChI=1S/C14H19N3S/c1-17-10-9-15-13(17)16-11-14(7-8-14)18-12-5-3-2-4-6-12/h2-6H,7-11H2,1H3,(H,15,16). The summed E-state index contributed by atoms with van der Waals surface area (Å²) in [6.45, 7) is 2.99. The van der Waals surface area contributed by atoms with Crippen LogP contribution in [-0.4, -0.2) is 42.3 Å². The van der Waals surface area contributed by atoms with E-state index in [1.807, 2.05) is 11.8 Å². The van der Waals surface area contributed by atoms with Gasteiger partial charge in [0.2, 0.25) is 0 Å². The summed E-state index contributed by atoms with van der Waals surface area (Å²) in [6.07, 6.45) is 2.60. The van der Waals surface area contributed by atoms with Crippen molar-refractivity contribution in [3.8, 4) is 0 Å². The number of aliphatic imine (C=N–C) groups is 1. The first kappa shape index (κ1) is 11.9. The zero-order valence-corrected chi connectivity index (χ0v) is 11.5. The van der Waals surface area contributed by atoms with Crippen LogP contribution in [0, 0.1) is 0 Å². The van der Waals surface area contributed by atoms with E-state index in [-0.39, 0.29) is 0 Å². The summed E-state index contributed by atoms with van der Waals surface area (Å²) in [5, 5.41) is 3.51. The predicted molar refractivity (Wildman–Crippen MR) is 77.2 cm³/mol. The Kier molecular flexibility index (Phi) is 3.20. The van der Waals surface area contributed by atoms with Gasteiger partial charge in [0.25, 0.3) is 0 Å². The fraction of sp³-hybridized carbons (Fsp3) is 0.500. The lowest BCUT2D eigenvalue weighted by Gasteiger charge is -2.20. The van der Waals surface area contributed by atoms with Gasteiger partial charge in [0.15, 0.2) is 5.96 Å². The summed E-state index contributed by atoms with van der Waals surface area (Å²) in [5.41, 5.74) is 0. The maximum absolute atomic E-state index is 4.48. The summed E-state index contributed by atoms with van der Waals surface area (Å²) >= 11 is 2.01. The van der Waals surface area contributed by atoms with Crippen LogP contribution in [0.15, 0.2) is 40.2 Å². The Morgan fingerprint density at radius 2 is 2.11 bits per heavy atom. The van der Waals surface area contributed by atoms with Crippen LogP contribution in [0.2, 0.25) is 0 Å². The second kappa shape index (κ2) is 4.84. The van der Waals surface area contributed by atoms with Crippen LogP contribution in [-0.2, 0) is 0 Å². The molecular weight excluding hydrogens is 242 g/mol. The van der Waals surface area contributed by atoms with Crippen molar-refractivity contribution in [2.24, 2.45) is 4.99 Å². The third-order valence-electron chi connectivity index (χ3n) is 3.51. The van der Waals surface area contributed by atoms with E-state index in [0.717, 1.165) is 25.6 Å². The molecule has 1 aromatic rings. The van der Waals surface area contributed by atoms with Crippen LogP contribution in [0.1, 0.15) is 12.8 Å². The van der Waals surface area contributed by atoms with Crippen LogP contribution in [0.25, 0.3) is 0 Å². The van der Waals surface area contributed by atoms with Gasteiger partial charge < -0.3 is 10.2 Å². The second-order valence-electron chi connectivity index (χ2n) is 5.08. The molecule has 1 aliphatic heterocycles. The van der Waals surface area contributed by atoms with Crippen molar-refractivity contribution >= 4 is 17.7 Å². The maximum atomic E-state index is 4.48. The van der Waals surface area contributed by atoms with Crippen molar-refractivity contribution in [3.63, 3.8) is 0 Å². The smallest absolute Gasteiger partial charge is 0.193 e. The predicted octanol–water partition coefficient (Wildman–Crippen LogP) is 2.20. The Bertz CT molecular complexity index is 440. The van der Waals surface area contributed by atoms with Crippen LogP contribution in [0.5, 0.6) is 0 Å². The van der Waals surface area contributed by atoms with Crippen LogP contribution in [0.3, 0.4) is 0 Å². The normalized spacial score (nSPS) is 20.7. The number of rotatable bonds is 4. The molecule has 0 saturated heterocycles. The molecule has 96 valence electrons. The zero-order chi connectivity index (χ0) is 12.4. The molecule has 1 aliphatic carbocycles. The van der Waals surface area contributed by atoms with Crippen LogP contribution in [0.4, 0.5) is 0 Å². The van der Waals surface area contributed by atoms with E-state index in [4.69, 9.17) is 0 Å². The minimum absolute atomic E-state index is 0.396. The van der Waals surface area contributed by atoms with Crippen LogP contribution >= 0.6 is 11.8 Å². The number of benzene rings is 1. The summed E-state index contributed by atoms with van der Waals surface area (Å²) < 4.78 is 0.396. The number of nitrogens with one attached hydrogen (secondary N) is 1. The highest BCUT2D eigenvalue weighted by atomic mass is 32.2. The van der Waals surface area contributed by atoms with Gasteiger partial charge in [0, 0.05) is 29.8 Å². The second-order valence-corrected chi connectivity index (χ2v) is 6.62. The first-order valence-electron chi connectivity index (χ1n) is 6.51. The number of nitrogens with zero attached hydrogens (tertiary/aromatic N) is 2. The fourth-order valence-electron chi connectivity index (χ4n) is 2.16. The lowest BCUT2D eigenvalue weighted by atomic mass is 10.4. The van der Waals surface area contributed by atoms with E-state index in [9.17, 15) is 0 Å². The quantitative estimate of drug-likeness (QED) is 0.900. The Morgan fingerprint density at radius 1 is 1.33 bits per heavy atom. The molecule has 0 aromatic heterocycles. The molecule has 1 N–H and O–H groups in total. The van der Waals surface area contributed by atoms with Gasteiger partial charge >= 0.3 is 0 Å². The van der Waals surface area contributed by atoms with Gasteiger partial charge in [-0.15, -0.1) is 11.8 Å². The largest absolute Gasteiger partial charge is 0.355 e. The van der Waals surface area contributed by atoms with Gasteiger partial charge in [0.1, 0.15) is 0 Å². The molecule has 3 rings (SSSR count). The molecule has 0 bridgehead atoms. The Morgan fingerprint density at radius 3 is 2.72 bits per heavy atom. The average molecular weight is 261 g/mol. The minimum atomic E-state index is 0.396. The fourth-order valence-corrected chi connectivity index (χ4v) is 3.40. The SMILES string of the molecule is CN1CCN=C1NCC1(Sc2ccccc2)CC1. The van der Waals surface area contributed by atoms with E-state index >= 15 is 0 Å². The molecule has 1 aromatic carbocycles. The summed E-state index contributed by atoms with van der Waals surface area (Å²) in [4.78, 5) is 8.05. The molecule has 0 spiro atoms. The van der Waals surface area contributed by atoms with Crippen molar-refractivity contribution < 1.29 is 0 Å². The zero-order valence-electron chi connectivity index (χ0n) is 10.7. The number of hydrogen-bond acceptors (Lipinski definition) is 4. The lowest BCUT2D eigenvalue weighted by Crippen LogP contribution is -2.39. The molecule has 0 atom stereocenters. The van der Waals surface area contributed by atoms with E-state index in [2.05, 4.69) is 52.6 Å². The third kappa shape index (κ3) is 2.64. The molecule has 1 saturated carbocycles. The van der Waals surface area contributed by atoms with Gasteiger partial charge in [0.05, 0.1) is 6.54 Å². The van der Waals surface area contributed by atoms with Crippen molar-refractivity contribution in [2.75, 3.05) is 26.7 Å². The number of hydrogen-bond donors (Lipinski definition) is 1. The minimum Gasteiger partial charge on any atom is -0.355 e. The summed E-state index contributed by atoms with van der Waals surface area (Å²) in [7, 11) is 2.10. The average Bonchev–Trinajstić information content (AvgIpc) is 3.02. The Balaban J connectivity index is 1.56. The molecular formula is C14H19N3S. The molecule has 1 fully saturated rings. The van der Waals surface area contributed by atoms with E-state index in [0.29, 0.717) is 4.75 Å². The lowest BCUT2D eigenvalue weighted by molar-refractivity contribution is 0.533. The van der Waals surface area contributed by atoms with Crippen molar-refractivity contribution in [1.82, 2.24) is 10.2 Å². The number of guanidine groups is 1. The molecule has 0 unspecified atom stereocenters. The van der Waals surface area contributed by atoms with Gasteiger partial charge in [-0.3, -0.25) is 4.99 Å². The topological polar surface area (TPSA) is 27.6 Å². The highest BCUT2D eigenvalue weighted by molar-refractivity contribution is 8.01. The summed E-state index contributed by atoms with van der Waals surface area (Å²) in [6, 6.07) is 10.7. The highest BCUT2D eigenvalue weighted by Crippen LogP contribution is 2.51. The van der Waals surface area contributed by atoms with E-state index < -0.39 is 0 Å².